The van der Waals surface area contributed by atoms with Gasteiger partial charge in [-0.05, 0) is 49.2 Å². The van der Waals surface area contributed by atoms with E-state index in [2.05, 4.69) is 25.2 Å². The van der Waals surface area contributed by atoms with Gasteiger partial charge >= 0.3 is 0 Å². The van der Waals surface area contributed by atoms with E-state index in [1.165, 1.54) is 16.8 Å². The molecule has 8 nitrogen and oxygen atoms in total. The molecular weight excluding hydrogens is 440 g/mol. The third-order valence-corrected chi connectivity index (χ3v) is 5.94. The van der Waals surface area contributed by atoms with Crippen molar-refractivity contribution in [2.45, 2.75) is 32.2 Å². The molecule has 0 fully saturated rings. The molecule has 1 aliphatic rings. The zero-order valence-corrected chi connectivity index (χ0v) is 18.5. The van der Waals surface area contributed by atoms with Crippen LogP contribution in [0, 0.1) is 0 Å². The molecule has 33 heavy (non-hydrogen) atoms. The van der Waals surface area contributed by atoms with Crippen molar-refractivity contribution in [3.63, 3.8) is 0 Å². The van der Waals surface area contributed by atoms with Crippen molar-refractivity contribution in [3.8, 4) is 17.1 Å². The highest BCUT2D eigenvalue weighted by atomic mass is 35.5. The Kier molecular flexibility index (Phi) is 5.75. The number of anilines is 1. The molecule has 0 spiro atoms. The van der Waals surface area contributed by atoms with Gasteiger partial charge in [-0.2, -0.15) is 9.78 Å². The van der Waals surface area contributed by atoms with E-state index in [-0.39, 0.29) is 11.3 Å². The van der Waals surface area contributed by atoms with Crippen molar-refractivity contribution >= 4 is 23.2 Å². The maximum absolute atomic E-state index is 12.9. The Labute approximate surface area is 194 Å². The first-order valence-electron chi connectivity index (χ1n) is 10.8. The average Bonchev–Trinajstić information content (AvgIpc) is 3.08. The minimum absolute atomic E-state index is 0.117. The van der Waals surface area contributed by atoms with E-state index in [0.29, 0.717) is 27.8 Å². The van der Waals surface area contributed by atoms with Crippen LogP contribution in [0.3, 0.4) is 0 Å². The van der Waals surface area contributed by atoms with Crippen LogP contribution in [0.1, 0.15) is 35.6 Å². The number of nitrogens with one attached hydrogen (secondary N) is 1. The summed E-state index contributed by atoms with van der Waals surface area (Å²) in [7, 11) is 0. The fourth-order valence-corrected chi connectivity index (χ4v) is 4.14. The molecule has 0 saturated heterocycles. The molecule has 0 radical (unpaired) electrons. The highest BCUT2D eigenvalue weighted by molar-refractivity contribution is 6.33. The molecule has 4 aromatic rings. The lowest BCUT2D eigenvalue weighted by Crippen LogP contribution is -2.24. The lowest BCUT2D eigenvalue weighted by atomic mass is 10.1. The Morgan fingerprint density at radius 2 is 1.82 bits per heavy atom. The first-order valence-corrected chi connectivity index (χ1v) is 11.2. The van der Waals surface area contributed by atoms with Crippen LogP contribution < -0.4 is 10.9 Å². The topological polar surface area (TPSA) is 94.7 Å². The molecule has 0 aliphatic carbocycles. The van der Waals surface area contributed by atoms with Gasteiger partial charge in [0.05, 0.1) is 10.7 Å². The molecule has 166 valence electrons. The monoisotopic (exact) mass is 460 g/mol. The van der Waals surface area contributed by atoms with E-state index < -0.39 is 5.91 Å². The second-order valence-electron chi connectivity index (χ2n) is 7.86. The van der Waals surface area contributed by atoms with Gasteiger partial charge in [0, 0.05) is 30.3 Å². The molecule has 5 rings (SSSR count). The lowest BCUT2D eigenvalue weighted by molar-refractivity contribution is 0.102. The maximum atomic E-state index is 12.9. The summed E-state index contributed by atoms with van der Waals surface area (Å²) in [5.41, 5.74) is 1.63. The predicted octanol–water partition coefficient (Wildman–Crippen LogP) is 4.12. The van der Waals surface area contributed by atoms with Crippen molar-refractivity contribution < 1.29 is 4.79 Å². The van der Waals surface area contributed by atoms with Crippen LogP contribution in [0.2, 0.25) is 5.02 Å². The molecule has 9 heteroatoms. The third kappa shape index (κ3) is 4.29. The van der Waals surface area contributed by atoms with Crippen molar-refractivity contribution in [3.05, 3.63) is 87.6 Å². The normalized spacial score (nSPS) is 13.2. The summed E-state index contributed by atoms with van der Waals surface area (Å²) in [6, 6.07) is 16.9. The second-order valence-corrected chi connectivity index (χ2v) is 8.26. The second kappa shape index (κ2) is 8.99. The van der Waals surface area contributed by atoms with E-state index in [1.54, 1.807) is 42.5 Å². The van der Waals surface area contributed by atoms with Gasteiger partial charge in [-0.1, -0.05) is 36.2 Å². The Balaban J connectivity index is 1.44. The molecule has 0 atom stereocenters. The summed E-state index contributed by atoms with van der Waals surface area (Å²) in [6.45, 7) is 0.843. The van der Waals surface area contributed by atoms with E-state index in [4.69, 9.17) is 11.6 Å². The van der Waals surface area contributed by atoms with Crippen LogP contribution in [-0.2, 0) is 13.0 Å². The van der Waals surface area contributed by atoms with Crippen molar-refractivity contribution in [1.29, 1.82) is 0 Å². The standard InChI is InChI=1S/C24H21ClN6O2/c25-19-11-10-16(15-18(19)23-28-27-21-9-5-2-6-14-30(21)23)26-24(33)20-12-13-22(32)31(29-20)17-7-3-1-4-8-17/h1,3-4,7-8,10-13,15H,2,5-6,9,14H2,(H,26,33). The molecule has 1 aliphatic heterocycles. The number of aromatic nitrogens is 5. The maximum Gasteiger partial charge on any atom is 0.276 e. The summed E-state index contributed by atoms with van der Waals surface area (Å²) in [6.07, 6.45) is 4.21. The Morgan fingerprint density at radius 1 is 0.970 bits per heavy atom. The number of carbonyl (C=O) groups excluding carboxylic acids is 1. The fourth-order valence-electron chi connectivity index (χ4n) is 3.94. The number of para-hydroxylation sites is 1. The number of hydrogen-bond acceptors (Lipinski definition) is 5. The highest BCUT2D eigenvalue weighted by Crippen LogP contribution is 2.31. The molecule has 2 aromatic carbocycles. The number of fused-ring (bicyclic) bond motifs is 1. The number of hydrogen-bond donors (Lipinski definition) is 1. The number of amides is 1. The summed E-state index contributed by atoms with van der Waals surface area (Å²) < 4.78 is 3.31. The molecule has 3 heterocycles. The smallest absolute Gasteiger partial charge is 0.276 e. The van der Waals surface area contributed by atoms with Gasteiger partial charge in [0.1, 0.15) is 11.5 Å². The van der Waals surface area contributed by atoms with Crippen molar-refractivity contribution in [1.82, 2.24) is 24.5 Å². The largest absolute Gasteiger partial charge is 0.321 e. The number of aryl methyl sites for hydroxylation is 1. The molecule has 0 unspecified atom stereocenters. The van der Waals surface area contributed by atoms with E-state index >= 15 is 0 Å². The molecule has 1 amide bonds. The Morgan fingerprint density at radius 3 is 2.67 bits per heavy atom. The minimum atomic E-state index is -0.437. The third-order valence-electron chi connectivity index (χ3n) is 5.61. The van der Waals surface area contributed by atoms with Gasteiger partial charge in [-0.25, -0.2) is 0 Å². The van der Waals surface area contributed by atoms with Gasteiger partial charge in [-0.15, -0.1) is 10.2 Å². The summed E-state index contributed by atoms with van der Waals surface area (Å²) in [5.74, 6) is 1.22. The van der Waals surface area contributed by atoms with E-state index in [9.17, 15) is 9.59 Å². The number of nitrogens with zero attached hydrogens (tertiary/aromatic N) is 5. The summed E-state index contributed by atoms with van der Waals surface area (Å²) in [5, 5.41) is 16.3. The van der Waals surface area contributed by atoms with Crippen LogP contribution >= 0.6 is 11.6 Å². The molecule has 2 aromatic heterocycles. The number of rotatable bonds is 4. The number of benzene rings is 2. The van der Waals surface area contributed by atoms with Gasteiger partial charge in [0.25, 0.3) is 11.5 Å². The molecular formula is C24H21ClN6O2. The Bertz CT molecular complexity index is 1380. The highest BCUT2D eigenvalue weighted by Gasteiger charge is 2.19. The Hall–Kier alpha value is -3.78. The number of carbonyl (C=O) groups is 1. The summed E-state index contributed by atoms with van der Waals surface area (Å²) in [4.78, 5) is 25.2. The van der Waals surface area contributed by atoms with Crippen LogP contribution in [0.25, 0.3) is 17.1 Å². The van der Waals surface area contributed by atoms with Crippen LogP contribution in [0.15, 0.2) is 65.5 Å². The predicted molar refractivity (Wildman–Crippen MR) is 126 cm³/mol. The van der Waals surface area contributed by atoms with Gasteiger partial charge in [0.15, 0.2) is 5.82 Å². The zero-order chi connectivity index (χ0) is 22.8. The average molecular weight is 461 g/mol. The first kappa shape index (κ1) is 21.1. The first-order chi connectivity index (χ1) is 16.1. The SMILES string of the molecule is O=C(Nc1ccc(Cl)c(-c2nnc3n2CCCCC3)c1)c1ccc(=O)n(-c2ccccc2)n1. The van der Waals surface area contributed by atoms with Gasteiger partial charge < -0.3 is 9.88 Å². The lowest BCUT2D eigenvalue weighted by Gasteiger charge is -2.11. The van der Waals surface area contributed by atoms with Crippen molar-refractivity contribution in [2.75, 3.05) is 5.32 Å². The van der Waals surface area contributed by atoms with Gasteiger partial charge in [-0.3, -0.25) is 9.59 Å². The van der Waals surface area contributed by atoms with Crippen molar-refractivity contribution in [2.24, 2.45) is 0 Å². The van der Waals surface area contributed by atoms with E-state index in [0.717, 1.165) is 38.1 Å². The minimum Gasteiger partial charge on any atom is -0.321 e. The summed E-state index contributed by atoms with van der Waals surface area (Å²) >= 11 is 6.49. The van der Waals surface area contributed by atoms with Gasteiger partial charge in [0.2, 0.25) is 0 Å². The van der Waals surface area contributed by atoms with E-state index in [1.807, 2.05) is 6.07 Å². The van der Waals surface area contributed by atoms with Crippen LogP contribution in [-0.4, -0.2) is 30.5 Å². The van der Waals surface area contributed by atoms with Crippen LogP contribution in [0.5, 0.6) is 0 Å². The zero-order valence-electron chi connectivity index (χ0n) is 17.7. The number of halogens is 1. The molecule has 1 N–H and O–H groups in total. The van der Waals surface area contributed by atoms with Crippen LogP contribution in [0.4, 0.5) is 5.69 Å². The molecule has 0 bridgehead atoms. The fraction of sp³-hybridized carbons (Fsp3) is 0.208. The quantitative estimate of drug-likeness (QED) is 0.494. The molecule has 0 saturated carbocycles.